The van der Waals surface area contributed by atoms with E-state index in [0.717, 1.165) is 30.6 Å². The average molecular weight is 282 g/mol. The van der Waals surface area contributed by atoms with Gasteiger partial charge in [-0.1, -0.05) is 24.3 Å². The SMILES string of the molecule is Cc1cccc(C)c1COc1ccc2c(c1)CCCC2O. The van der Waals surface area contributed by atoms with E-state index in [2.05, 4.69) is 38.1 Å². The quantitative estimate of drug-likeness (QED) is 0.911. The van der Waals surface area contributed by atoms with Gasteiger partial charge < -0.3 is 9.84 Å². The molecule has 0 saturated carbocycles. The molecule has 3 rings (SSSR count). The molecule has 1 unspecified atom stereocenters. The molecule has 110 valence electrons. The molecule has 1 atom stereocenters. The summed E-state index contributed by atoms with van der Waals surface area (Å²) in [4.78, 5) is 0. The van der Waals surface area contributed by atoms with E-state index in [1.165, 1.54) is 22.3 Å². The molecule has 0 spiro atoms. The topological polar surface area (TPSA) is 29.5 Å². The fourth-order valence-corrected chi connectivity index (χ4v) is 3.09. The van der Waals surface area contributed by atoms with Gasteiger partial charge in [0.15, 0.2) is 0 Å². The fraction of sp³-hybridized carbons (Fsp3) is 0.368. The van der Waals surface area contributed by atoms with Crippen LogP contribution in [0.4, 0.5) is 0 Å². The van der Waals surface area contributed by atoms with Crippen LogP contribution in [0.3, 0.4) is 0 Å². The molecule has 1 N–H and O–H groups in total. The second-order valence-corrected chi connectivity index (χ2v) is 5.93. The van der Waals surface area contributed by atoms with E-state index in [1.54, 1.807) is 0 Å². The molecule has 1 aliphatic carbocycles. The van der Waals surface area contributed by atoms with Crippen molar-refractivity contribution in [2.45, 2.75) is 45.8 Å². The van der Waals surface area contributed by atoms with Crippen LogP contribution in [0, 0.1) is 13.8 Å². The number of hydrogen-bond acceptors (Lipinski definition) is 2. The Morgan fingerprint density at radius 2 is 1.90 bits per heavy atom. The molecular weight excluding hydrogens is 260 g/mol. The Kier molecular flexibility index (Phi) is 3.98. The molecule has 2 aromatic rings. The first-order chi connectivity index (χ1) is 10.1. The maximum atomic E-state index is 9.99. The van der Waals surface area contributed by atoms with E-state index in [9.17, 15) is 5.11 Å². The van der Waals surface area contributed by atoms with Crippen LogP contribution in [0.25, 0.3) is 0 Å². The Morgan fingerprint density at radius 1 is 1.14 bits per heavy atom. The largest absolute Gasteiger partial charge is 0.489 e. The number of aliphatic hydroxyl groups is 1. The van der Waals surface area contributed by atoms with Crippen LogP contribution in [-0.4, -0.2) is 5.11 Å². The van der Waals surface area contributed by atoms with Crippen molar-refractivity contribution in [3.8, 4) is 5.75 Å². The van der Waals surface area contributed by atoms with Crippen LogP contribution in [-0.2, 0) is 13.0 Å². The minimum Gasteiger partial charge on any atom is -0.489 e. The lowest BCUT2D eigenvalue weighted by Gasteiger charge is -2.22. The molecule has 0 saturated heterocycles. The van der Waals surface area contributed by atoms with Crippen LogP contribution >= 0.6 is 0 Å². The van der Waals surface area contributed by atoms with Crippen LogP contribution < -0.4 is 4.74 Å². The molecule has 0 aromatic heterocycles. The number of aryl methyl sites for hydroxylation is 3. The van der Waals surface area contributed by atoms with Crippen LogP contribution in [0.5, 0.6) is 5.75 Å². The standard InChI is InChI=1S/C19H22O2/c1-13-5-3-6-14(2)18(13)12-21-16-9-10-17-15(11-16)7-4-8-19(17)20/h3,5-6,9-11,19-20H,4,7-8,12H2,1-2H3. The molecule has 0 aliphatic heterocycles. The zero-order valence-electron chi connectivity index (χ0n) is 12.7. The lowest BCUT2D eigenvalue weighted by atomic mass is 9.89. The van der Waals surface area contributed by atoms with Crippen molar-refractivity contribution < 1.29 is 9.84 Å². The number of ether oxygens (including phenoxy) is 1. The van der Waals surface area contributed by atoms with Crippen molar-refractivity contribution >= 4 is 0 Å². The van der Waals surface area contributed by atoms with Gasteiger partial charge in [0, 0.05) is 0 Å². The van der Waals surface area contributed by atoms with Crippen molar-refractivity contribution in [1.29, 1.82) is 0 Å². The second kappa shape index (κ2) is 5.90. The summed E-state index contributed by atoms with van der Waals surface area (Å²) in [6.07, 6.45) is 2.65. The van der Waals surface area contributed by atoms with Gasteiger partial charge >= 0.3 is 0 Å². The van der Waals surface area contributed by atoms with E-state index < -0.39 is 0 Å². The van der Waals surface area contributed by atoms with E-state index >= 15 is 0 Å². The van der Waals surface area contributed by atoms with E-state index in [0.29, 0.717) is 6.61 Å². The molecule has 2 aromatic carbocycles. The normalized spacial score (nSPS) is 17.4. The minimum absolute atomic E-state index is 0.304. The van der Waals surface area contributed by atoms with Gasteiger partial charge in [-0.05, 0) is 73.1 Å². The van der Waals surface area contributed by atoms with Crippen molar-refractivity contribution in [2.24, 2.45) is 0 Å². The minimum atomic E-state index is -0.304. The number of hydrogen-bond donors (Lipinski definition) is 1. The highest BCUT2D eigenvalue weighted by Crippen LogP contribution is 2.32. The van der Waals surface area contributed by atoms with Gasteiger partial charge in [0.2, 0.25) is 0 Å². The highest BCUT2D eigenvalue weighted by Gasteiger charge is 2.18. The molecule has 2 nitrogen and oxygen atoms in total. The highest BCUT2D eigenvalue weighted by atomic mass is 16.5. The Morgan fingerprint density at radius 3 is 2.67 bits per heavy atom. The number of benzene rings is 2. The molecule has 1 aliphatic rings. The summed E-state index contributed by atoms with van der Waals surface area (Å²) in [5.41, 5.74) is 6.09. The summed E-state index contributed by atoms with van der Waals surface area (Å²) < 4.78 is 5.97. The van der Waals surface area contributed by atoms with Gasteiger partial charge in [-0.3, -0.25) is 0 Å². The maximum absolute atomic E-state index is 9.99. The molecule has 21 heavy (non-hydrogen) atoms. The fourth-order valence-electron chi connectivity index (χ4n) is 3.09. The molecule has 0 amide bonds. The first-order valence-corrected chi connectivity index (χ1v) is 7.64. The third kappa shape index (κ3) is 2.96. The zero-order chi connectivity index (χ0) is 14.8. The Bertz CT molecular complexity index is 626. The summed E-state index contributed by atoms with van der Waals surface area (Å²) in [6, 6.07) is 12.4. The van der Waals surface area contributed by atoms with Gasteiger partial charge in [0.05, 0.1) is 6.10 Å². The van der Waals surface area contributed by atoms with E-state index in [1.807, 2.05) is 12.1 Å². The van der Waals surface area contributed by atoms with Crippen molar-refractivity contribution in [3.05, 3.63) is 64.2 Å². The maximum Gasteiger partial charge on any atom is 0.120 e. The highest BCUT2D eigenvalue weighted by molar-refractivity contribution is 5.39. The third-order valence-corrected chi connectivity index (χ3v) is 4.42. The van der Waals surface area contributed by atoms with Crippen LogP contribution in [0.1, 0.15) is 46.8 Å². The molecule has 0 radical (unpaired) electrons. The molecule has 0 heterocycles. The van der Waals surface area contributed by atoms with Gasteiger partial charge in [-0.15, -0.1) is 0 Å². The number of fused-ring (bicyclic) bond motifs is 1. The van der Waals surface area contributed by atoms with Crippen molar-refractivity contribution in [2.75, 3.05) is 0 Å². The first kappa shape index (κ1) is 14.2. The average Bonchev–Trinajstić information content (AvgIpc) is 2.47. The summed E-state index contributed by atoms with van der Waals surface area (Å²) in [5, 5.41) is 9.99. The predicted molar refractivity (Wildman–Crippen MR) is 84.6 cm³/mol. The Balaban J connectivity index is 1.77. The molecule has 2 heteroatoms. The van der Waals surface area contributed by atoms with Crippen LogP contribution in [0.2, 0.25) is 0 Å². The van der Waals surface area contributed by atoms with E-state index in [4.69, 9.17) is 4.74 Å². The Labute approximate surface area is 126 Å². The summed E-state index contributed by atoms with van der Waals surface area (Å²) in [5.74, 6) is 0.894. The molecular formula is C19H22O2. The van der Waals surface area contributed by atoms with Crippen molar-refractivity contribution in [3.63, 3.8) is 0 Å². The first-order valence-electron chi connectivity index (χ1n) is 7.64. The number of rotatable bonds is 3. The van der Waals surface area contributed by atoms with Gasteiger partial charge in [-0.2, -0.15) is 0 Å². The van der Waals surface area contributed by atoms with Crippen molar-refractivity contribution in [1.82, 2.24) is 0 Å². The van der Waals surface area contributed by atoms with E-state index in [-0.39, 0.29) is 6.10 Å². The Hall–Kier alpha value is -1.80. The molecule has 0 fully saturated rings. The predicted octanol–water partition coefficient (Wildman–Crippen LogP) is 4.25. The summed E-state index contributed by atoms with van der Waals surface area (Å²) >= 11 is 0. The summed E-state index contributed by atoms with van der Waals surface area (Å²) in [7, 11) is 0. The number of aliphatic hydroxyl groups excluding tert-OH is 1. The van der Waals surface area contributed by atoms with Gasteiger partial charge in [0.1, 0.15) is 12.4 Å². The van der Waals surface area contributed by atoms with Crippen LogP contribution in [0.15, 0.2) is 36.4 Å². The second-order valence-electron chi connectivity index (χ2n) is 5.93. The third-order valence-electron chi connectivity index (χ3n) is 4.42. The summed E-state index contributed by atoms with van der Waals surface area (Å²) in [6.45, 7) is 4.84. The molecule has 0 bridgehead atoms. The lowest BCUT2D eigenvalue weighted by molar-refractivity contribution is 0.156. The monoisotopic (exact) mass is 282 g/mol. The van der Waals surface area contributed by atoms with Gasteiger partial charge in [0.25, 0.3) is 0 Å². The van der Waals surface area contributed by atoms with Gasteiger partial charge in [-0.25, -0.2) is 0 Å². The smallest absolute Gasteiger partial charge is 0.120 e. The zero-order valence-corrected chi connectivity index (χ0v) is 12.7. The lowest BCUT2D eigenvalue weighted by Crippen LogP contribution is -2.09.